The number of likely N-dealkylation sites (tertiary alicyclic amines) is 2. The maximum atomic E-state index is 12.7. The van der Waals surface area contributed by atoms with Gasteiger partial charge in [-0.05, 0) is 45.6 Å². The molecule has 2 fully saturated rings. The van der Waals surface area contributed by atoms with E-state index in [1.807, 2.05) is 11.8 Å². The number of carbonyl (C=O) groups excluding carboxylic acids is 1. The summed E-state index contributed by atoms with van der Waals surface area (Å²) in [6.45, 7) is 7.46. The van der Waals surface area contributed by atoms with Crippen LogP contribution >= 0.6 is 0 Å². The lowest BCUT2D eigenvalue weighted by Crippen LogP contribution is -2.50. The minimum Gasteiger partial charge on any atom is -0.392 e. The molecule has 0 aliphatic carbocycles. The summed E-state index contributed by atoms with van der Waals surface area (Å²) in [5.41, 5.74) is 2.61. The highest BCUT2D eigenvalue weighted by Crippen LogP contribution is 2.22. The number of H-pyrrole nitrogens is 1. The average molecular weight is 320 g/mol. The number of nitrogens with one attached hydrogen (secondary N) is 1. The molecule has 1 aromatic heterocycles. The third-order valence-electron chi connectivity index (χ3n) is 5.36. The van der Waals surface area contributed by atoms with Crippen molar-refractivity contribution in [3.63, 3.8) is 0 Å². The molecule has 3 rings (SSSR count). The van der Waals surface area contributed by atoms with Crippen molar-refractivity contribution in [3.8, 4) is 0 Å². The highest BCUT2D eigenvalue weighted by Gasteiger charge is 2.31. The van der Waals surface area contributed by atoms with Gasteiger partial charge in [-0.15, -0.1) is 0 Å². The Bertz CT molecular complexity index is 549. The summed E-state index contributed by atoms with van der Waals surface area (Å²) in [4.78, 5) is 17.0. The number of aliphatic hydroxyl groups is 1. The van der Waals surface area contributed by atoms with Crippen LogP contribution in [0.2, 0.25) is 0 Å². The van der Waals surface area contributed by atoms with E-state index in [9.17, 15) is 9.90 Å². The Labute approximate surface area is 137 Å². The molecule has 0 saturated carbocycles. The van der Waals surface area contributed by atoms with Crippen LogP contribution in [-0.4, -0.2) is 69.3 Å². The third-order valence-corrected chi connectivity index (χ3v) is 5.36. The molecule has 2 saturated heterocycles. The lowest BCUT2D eigenvalue weighted by Gasteiger charge is -2.41. The second kappa shape index (κ2) is 7.01. The van der Waals surface area contributed by atoms with Crippen LogP contribution in [0.25, 0.3) is 0 Å². The number of amides is 1. The predicted octanol–water partition coefficient (Wildman–Crippen LogP) is 1.34. The Morgan fingerprint density at radius 3 is 2.65 bits per heavy atom. The van der Waals surface area contributed by atoms with Crippen LogP contribution in [0.15, 0.2) is 0 Å². The molecule has 1 aromatic rings. The largest absolute Gasteiger partial charge is 0.392 e. The lowest BCUT2D eigenvalue weighted by atomic mass is 9.98. The van der Waals surface area contributed by atoms with Crippen molar-refractivity contribution >= 4 is 5.91 Å². The fourth-order valence-electron chi connectivity index (χ4n) is 3.89. The normalized spacial score (nSPS) is 24.1. The van der Waals surface area contributed by atoms with Crippen molar-refractivity contribution in [2.75, 3.05) is 26.2 Å². The van der Waals surface area contributed by atoms with Gasteiger partial charge in [0.1, 0.15) is 0 Å². The molecule has 3 heterocycles. The monoisotopic (exact) mass is 320 g/mol. The van der Waals surface area contributed by atoms with E-state index in [-0.39, 0.29) is 12.0 Å². The van der Waals surface area contributed by atoms with Crippen LogP contribution in [0.1, 0.15) is 54.4 Å². The van der Waals surface area contributed by atoms with Gasteiger partial charge in [-0.3, -0.25) is 14.8 Å². The van der Waals surface area contributed by atoms with E-state index < -0.39 is 0 Å². The second-order valence-corrected chi connectivity index (χ2v) is 6.84. The maximum absolute atomic E-state index is 12.7. The fraction of sp³-hybridized carbons (Fsp3) is 0.765. The lowest BCUT2D eigenvalue weighted by molar-refractivity contribution is 0.0239. The Kier molecular flexibility index (Phi) is 5.02. The van der Waals surface area contributed by atoms with Crippen LogP contribution in [0.3, 0.4) is 0 Å². The number of nitrogens with zero attached hydrogens (tertiary/aromatic N) is 3. The molecule has 0 aromatic carbocycles. The van der Waals surface area contributed by atoms with Gasteiger partial charge in [0.2, 0.25) is 0 Å². The van der Waals surface area contributed by atoms with Crippen LogP contribution in [0.4, 0.5) is 0 Å². The number of β-amino-alcohol motifs (C(OH)–C–C–N with tert-alkyl or cyclic N) is 1. The van der Waals surface area contributed by atoms with Gasteiger partial charge in [-0.1, -0.05) is 6.92 Å². The van der Waals surface area contributed by atoms with Crippen molar-refractivity contribution in [3.05, 3.63) is 17.0 Å². The van der Waals surface area contributed by atoms with Gasteiger partial charge in [-0.2, -0.15) is 5.10 Å². The molecule has 1 amide bonds. The minimum atomic E-state index is -0.178. The molecule has 23 heavy (non-hydrogen) atoms. The zero-order valence-electron chi connectivity index (χ0n) is 14.2. The highest BCUT2D eigenvalue weighted by molar-refractivity contribution is 5.94. The van der Waals surface area contributed by atoms with Crippen molar-refractivity contribution in [2.24, 2.45) is 0 Å². The molecular weight excluding hydrogens is 292 g/mol. The van der Waals surface area contributed by atoms with E-state index in [1.165, 1.54) is 0 Å². The number of aromatic nitrogens is 2. The summed E-state index contributed by atoms with van der Waals surface area (Å²) < 4.78 is 0. The van der Waals surface area contributed by atoms with Gasteiger partial charge in [-0.25, -0.2) is 0 Å². The first-order chi connectivity index (χ1) is 11.1. The highest BCUT2D eigenvalue weighted by atomic mass is 16.3. The molecule has 128 valence electrons. The number of aryl methyl sites for hydroxylation is 1. The molecule has 0 bridgehead atoms. The molecule has 0 radical (unpaired) electrons. The molecule has 6 nitrogen and oxygen atoms in total. The smallest absolute Gasteiger partial charge is 0.274 e. The van der Waals surface area contributed by atoms with Crippen molar-refractivity contribution in [1.29, 1.82) is 0 Å². The van der Waals surface area contributed by atoms with Crippen molar-refractivity contribution < 1.29 is 9.90 Å². The van der Waals surface area contributed by atoms with Crippen LogP contribution in [-0.2, 0) is 6.42 Å². The van der Waals surface area contributed by atoms with Crippen LogP contribution in [0.5, 0.6) is 0 Å². The first kappa shape index (κ1) is 16.5. The molecular formula is C17H28N4O2. The molecule has 1 atom stereocenters. The molecule has 2 aliphatic heterocycles. The first-order valence-corrected chi connectivity index (χ1v) is 8.85. The Balaban J connectivity index is 1.58. The number of piperidine rings is 2. The maximum Gasteiger partial charge on any atom is 0.274 e. The van der Waals surface area contributed by atoms with Crippen molar-refractivity contribution in [2.45, 2.75) is 58.1 Å². The van der Waals surface area contributed by atoms with Crippen LogP contribution < -0.4 is 0 Å². The quantitative estimate of drug-likeness (QED) is 0.881. The Morgan fingerprint density at radius 2 is 2.04 bits per heavy atom. The van der Waals surface area contributed by atoms with E-state index in [0.717, 1.165) is 69.5 Å². The summed E-state index contributed by atoms with van der Waals surface area (Å²) >= 11 is 0. The number of hydrogen-bond donors (Lipinski definition) is 2. The summed E-state index contributed by atoms with van der Waals surface area (Å²) in [7, 11) is 0. The SMILES string of the molecule is CCc1[nH]nc(C(=O)N2CCC(N3CCC[C@H](O)C3)CC2)c1C. The third kappa shape index (κ3) is 3.43. The topological polar surface area (TPSA) is 72.5 Å². The summed E-state index contributed by atoms with van der Waals surface area (Å²) in [5.74, 6) is 0.0515. The number of rotatable bonds is 3. The zero-order chi connectivity index (χ0) is 16.4. The second-order valence-electron chi connectivity index (χ2n) is 6.84. The van der Waals surface area contributed by atoms with E-state index in [0.29, 0.717) is 11.7 Å². The number of hydrogen-bond acceptors (Lipinski definition) is 4. The van der Waals surface area contributed by atoms with E-state index in [4.69, 9.17) is 0 Å². The number of carbonyl (C=O) groups is 1. The van der Waals surface area contributed by atoms with Gasteiger partial charge < -0.3 is 10.0 Å². The van der Waals surface area contributed by atoms with E-state index >= 15 is 0 Å². The first-order valence-electron chi connectivity index (χ1n) is 8.85. The number of aliphatic hydroxyl groups excluding tert-OH is 1. The van der Waals surface area contributed by atoms with Crippen molar-refractivity contribution in [1.82, 2.24) is 20.0 Å². The molecule has 6 heteroatoms. The van der Waals surface area contributed by atoms with Gasteiger partial charge in [0.15, 0.2) is 5.69 Å². The summed E-state index contributed by atoms with van der Waals surface area (Å²) in [6.07, 6.45) is 4.66. The molecule has 2 aliphatic rings. The van der Waals surface area contributed by atoms with E-state index in [2.05, 4.69) is 22.0 Å². The fourth-order valence-corrected chi connectivity index (χ4v) is 3.89. The Hall–Kier alpha value is -1.40. The van der Waals surface area contributed by atoms with Gasteiger partial charge >= 0.3 is 0 Å². The van der Waals surface area contributed by atoms with Gasteiger partial charge in [0, 0.05) is 36.9 Å². The molecule has 0 spiro atoms. The van der Waals surface area contributed by atoms with Gasteiger partial charge in [0.05, 0.1) is 6.10 Å². The standard InChI is InChI=1S/C17H28N4O2/c1-3-15-12(2)16(19-18-15)17(23)20-9-6-13(7-10-20)21-8-4-5-14(22)11-21/h13-14,22H,3-11H2,1-2H3,(H,18,19)/t14-/m0/s1. The predicted molar refractivity (Wildman–Crippen MR) is 88.4 cm³/mol. The van der Waals surface area contributed by atoms with Gasteiger partial charge in [0.25, 0.3) is 5.91 Å². The summed E-state index contributed by atoms with van der Waals surface area (Å²) in [6, 6.07) is 0.500. The minimum absolute atomic E-state index is 0.0515. The molecule has 0 unspecified atom stereocenters. The summed E-state index contributed by atoms with van der Waals surface area (Å²) in [5, 5.41) is 17.0. The van der Waals surface area contributed by atoms with Crippen LogP contribution in [0, 0.1) is 6.92 Å². The Morgan fingerprint density at radius 1 is 1.30 bits per heavy atom. The molecule has 2 N–H and O–H groups in total. The van der Waals surface area contributed by atoms with E-state index in [1.54, 1.807) is 0 Å². The zero-order valence-corrected chi connectivity index (χ0v) is 14.2. The number of aromatic amines is 1. The average Bonchev–Trinajstić information content (AvgIpc) is 2.95.